The first-order chi connectivity index (χ1) is 8.16. The molecule has 1 N–H and O–H groups in total. The second kappa shape index (κ2) is 5.25. The molecular formula is C11H19N5O. The number of tetrazole rings is 1. The minimum absolute atomic E-state index is 0.0109. The molecule has 6 heteroatoms. The van der Waals surface area contributed by atoms with Crippen LogP contribution in [0.4, 0.5) is 0 Å². The smallest absolute Gasteiger partial charge is 0.242 e. The van der Waals surface area contributed by atoms with Gasteiger partial charge in [0.2, 0.25) is 5.91 Å². The molecule has 0 aromatic carbocycles. The van der Waals surface area contributed by atoms with Crippen molar-refractivity contribution in [3.05, 3.63) is 6.33 Å². The quantitative estimate of drug-likeness (QED) is 0.836. The lowest BCUT2D eigenvalue weighted by Crippen LogP contribution is -2.44. The lowest BCUT2D eigenvalue weighted by Gasteiger charge is -2.34. The number of carbonyl (C=O) groups excluding carboxylic acids is 1. The zero-order valence-electron chi connectivity index (χ0n) is 10.3. The molecule has 94 valence electrons. The summed E-state index contributed by atoms with van der Waals surface area (Å²) in [5.41, 5.74) is 0. The van der Waals surface area contributed by atoms with E-state index >= 15 is 0 Å². The molecule has 17 heavy (non-hydrogen) atoms. The van der Waals surface area contributed by atoms with Gasteiger partial charge in [0.25, 0.3) is 0 Å². The van der Waals surface area contributed by atoms with Gasteiger partial charge >= 0.3 is 0 Å². The fourth-order valence-corrected chi connectivity index (χ4v) is 2.44. The Morgan fingerprint density at radius 2 is 2.29 bits per heavy atom. The fourth-order valence-electron chi connectivity index (χ4n) is 2.44. The Kier molecular flexibility index (Phi) is 3.71. The van der Waals surface area contributed by atoms with Crippen molar-refractivity contribution in [2.45, 2.75) is 45.7 Å². The number of hydrogen-bond donors (Lipinski definition) is 1. The first kappa shape index (κ1) is 12.0. The van der Waals surface area contributed by atoms with E-state index in [1.54, 1.807) is 0 Å². The summed E-state index contributed by atoms with van der Waals surface area (Å²) < 4.78 is 1.44. The maximum atomic E-state index is 11.8. The fraction of sp³-hybridized carbons (Fsp3) is 0.818. The number of rotatable bonds is 3. The van der Waals surface area contributed by atoms with E-state index in [9.17, 15) is 4.79 Å². The van der Waals surface area contributed by atoms with Gasteiger partial charge in [0.15, 0.2) is 0 Å². The Morgan fingerprint density at radius 1 is 1.47 bits per heavy atom. The molecule has 0 saturated heterocycles. The maximum Gasteiger partial charge on any atom is 0.242 e. The average Bonchev–Trinajstić information content (AvgIpc) is 2.77. The molecule has 2 rings (SSSR count). The van der Waals surface area contributed by atoms with Crippen LogP contribution in [0.5, 0.6) is 0 Å². The van der Waals surface area contributed by atoms with Crippen LogP contribution < -0.4 is 5.32 Å². The number of amides is 1. The van der Waals surface area contributed by atoms with Crippen molar-refractivity contribution in [3.63, 3.8) is 0 Å². The second-order valence-electron chi connectivity index (χ2n) is 4.95. The molecule has 1 amide bonds. The van der Waals surface area contributed by atoms with Gasteiger partial charge in [-0.15, -0.1) is 5.10 Å². The monoisotopic (exact) mass is 237 g/mol. The average molecular weight is 237 g/mol. The first-order valence-electron chi connectivity index (χ1n) is 6.17. The van der Waals surface area contributed by atoms with Crippen molar-refractivity contribution in [2.24, 2.45) is 11.8 Å². The van der Waals surface area contributed by atoms with E-state index in [-0.39, 0.29) is 12.5 Å². The molecule has 0 radical (unpaired) electrons. The van der Waals surface area contributed by atoms with Gasteiger partial charge in [-0.05, 0) is 28.7 Å². The Balaban J connectivity index is 1.85. The van der Waals surface area contributed by atoms with Crippen molar-refractivity contribution in [1.29, 1.82) is 0 Å². The van der Waals surface area contributed by atoms with E-state index in [0.717, 1.165) is 6.42 Å². The molecule has 1 fully saturated rings. The highest BCUT2D eigenvalue weighted by atomic mass is 16.2. The van der Waals surface area contributed by atoms with Crippen molar-refractivity contribution in [1.82, 2.24) is 25.5 Å². The molecule has 0 aliphatic heterocycles. The Bertz CT molecular complexity index is 364. The SMILES string of the molecule is C[C@@H]1[C@H](C)CCC[C@@H]1NC(=O)Cn1cnnn1. The van der Waals surface area contributed by atoms with Gasteiger partial charge in [-0.2, -0.15) is 0 Å². The van der Waals surface area contributed by atoms with Crippen molar-refractivity contribution < 1.29 is 4.79 Å². The third-order valence-electron chi connectivity index (χ3n) is 3.75. The Morgan fingerprint density at radius 3 is 3.00 bits per heavy atom. The predicted octanol–water partition coefficient (Wildman–Crippen LogP) is 0.614. The summed E-state index contributed by atoms with van der Waals surface area (Å²) in [7, 11) is 0. The Hall–Kier alpha value is -1.46. The third kappa shape index (κ3) is 3.01. The minimum atomic E-state index is -0.0109. The summed E-state index contributed by atoms with van der Waals surface area (Å²) in [5.74, 6) is 1.21. The number of carbonyl (C=O) groups is 1. The standard InChI is InChI=1S/C11H19N5O/c1-8-4-3-5-10(9(8)2)13-11(17)6-16-7-12-14-15-16/h7-10H,3-6H2,1-2H3,(H,13,17)/t8-,9-,10+/m1/s1. The van der Waals surface area contributed by atoms with Crippen LogP contribution in [0.3, 0.4) is 0 Å². The summed E-state index contributed by atoms with van der Waals surface area (Å²) in [6.45, 7) is 4.67. The highest BCUT2D eigenvalue weighted by Crippen LogP contribution is 2.29. The van der Waals surface area contributed by atoms with Crippen LogP contribution in [0.1, 0.15) is 33.1 Å². The number of nitrogens with one attached hydrogen (secondary N) is 1. The third-order valence-corrected chi connectivity index (χ3v) is 3.75. The van der Waals surface area contributed by atoms with Crippen molar-refractivity contribution in [2.75, 3.05) is 0 Å². The molecule has 0 bridgehead atoms. The van der Waals surface area contributed by atoms with E-state index in [4.69, 9.17) is 0 Å². The molecule has 1 aromatic rings. The summed E-state index contributed by atoms with van der Waals surface area (Å²) in [6.07, 6.45) is 4.99. The zero-order valence-corrected chi connectivity index (χ0v) is 10.3. The minimum Gasteiger partial charge on any atom is -0.351 e. The summed E-state index contributed by atoms with van der Waals surface area (Å²) in [6, 6.07) is 0.294. The van der Waals surface area contributed by atoms with Crippen LogP contribution in [0.25, 0.3) is 0 Å². The molecule has 1 aliphatic rings. The topological polar surface area (TPSA) is 72.7 Å². The van der Waals surface area contributed by atoms with Crippen molar-refractivity contribution >= 4 is 5.91 Å². The summed E-state index contributed by atoms with van der Waals surface area (Å²) >= 11 is 0. The largest absolute Gasteiger partial charge is 0.351 e. The highest BCUT2D eigenvalue weighted by molar-refractivity contribution is 5.75. The lowest BCUT2D eigenvalue weighted by atomic mass is 9.78. The van der Waals surface area contributed by atoms with Gasteiger partial charge in [0.05, 0.1) is 0 Å². The lowest BCUT2D eigenvalue weighted by molar-refractivity contribution is -0.123. The molecule has 6 nitrogen and oxygen atoms in total. The molecule has 1 heterocycles. The first-order valence-corrected chi connectivity index (χ1v) is 6.17. The number of hydrogen-bond acceptors (Lipinski definition) is 4. The van der Waals surface area contributed by atoms with E-state index in [1.807, 2.05) is 0 Å². The van der Waals surface area contributed by atoms with Crippen LogP contribution in [-0.2, 0) is 11.3 Å². The normalized spacial score (nSPS) is 28.9. The zero-order chi connectivity index (χ0) is 12.3. The van der Waals surface area contributed by atoms with Gasteiger partial charge < -0.3 is 5.32 Å². The van der Waals surface area contributed by atoms with E-state index in [1.165, 1.54) is 23.9 Å². The summed E-state index contributed by atoms with van der Waals surface area (Å²) in [5, 5.41) is 13.8. The number of aromatic nitrogens is 4. The van der Waals surface area contributed by atoms with Gasteiger partial charge in [-0.25, -0.2) is 4.68 Å². The van der Waals surface area contributed by atoms with Crippen LogP contribution in [-0.4, -0.2) is 32.2 Å². The van der Waals surface area contributed by atoms with Crippen LogP contribution in [0.2, 0.25) is 0 Å². The van der Waals surface area contributed by atoms with Gasteiger partial charge in [-0.1, -0.05) is 26.7 Å². The molecule has 1 saturated carbocycles. The summed E-state index contributed by atoms with van der Waals surface area (Å²) in [4.78, 5) is 11.8. The van der Waals surface area contributed by atoms with Gasteiger partial charge in [0.1, 0.15) is 12.9 Å². The van der Waals surface area contributed by atoms with Gasteiger partial charge in [0, 0.05) is 6.04 Å². The number of nitrogens with zero attached hydrogens (tertiary/aromatic N) is 4. The van der Waals surface area contributed by atoms with Crippen LogP contribution in [0, 0.1) is 11.8 Å². The molecule has 1 aliphatic carbocycles. The molecule has 3 atom stereocenters. The van der Waals surface area contributed by atoms with Crippen molar-refractivity contribution in [3.8, 4) is 0 Å². The molecule has 1 aromatic heterocycles. The van der Waals surface area contributed by atoms with E-state index < -0.39 is 0 Å². The Labute approximate surface area is 101 Å². The van der Waals surface area contributed by atoms with Gasteiger partial charge in [-0.3, -0.25) is 4.79 Å². The van der Waals surface area contributed by atoms with Crippen LogP contribution >= 0.6 is 0 Å². The van der Waals surface area contributed by atoms with E-state index in [0.29, 0.717) is 17.9 Å². The second-order valence-corrected chi connectivity index (χ2v) is 4.95. The highest BCUT2D eigenvalue weighted by Gasteiger charge is 2.28. The molecule has 0 unspecified atom stereocenters. The van der Waals surface area contributed by atoms with Crippen LogP contribution in [0.15, 0.2) is 6.33 Å². The predicted molar refractivity (Wildman–Crippen MR) is 61.9 cm³/mol. The maximum absolute atomic E-state index is 11.8. The molecule has 0 spiro atoms. The molecular weight excluding hydrogens is 218 g/mol. The van der Waals surface area contributed by atoms with E-state index in [2.05, 4.69) is 34.7 Å².